The van der Waals surface area contributed by atoms with Gasteiger partial charge in [-0.2, -0.15) is 8.42 Å². The molecule has 0 heterocycles. The first-order valence-electron chi connectivity index (χ1n) is 5.15. The molecule has 0 bridgehead atoms. The molecule has 0 N–H and O–H groups in total. The van der Waals surface area contributed by atoms with Crippen molar-refractivity contribution in [1.82, 2.24) is 0 Å². The molecule has 2 rings (SSSR count). The Hall–Kier alpha value is -1.59. The lowest BCUT2D eigenvalue weighted by atomic mass is 10.3. The Labute approximate surface area is 104 Å². The van der Waals surface area contributed by atoms with Crippen molar-refractivity contribution in [1.29, 1.82) is 0 Å². The first-order valence-corrected chi connectivity index (χ1v) is 7.55. The van der Waals surface area contributed by atoms with Gasteiger partial charge in [-0.1, -0.05) is 36.4 Å². The van der Waals surface area contributed by atoms with Gasteiger partial charge in [-0.05, 0) is 23.4 Å². The highest BCUT2D eigenvalue weighted by molar-refractivity contribution is 7.87. The van der Waals surface area contributed by atoms with Crippen molar-refractivity contribution >= 4 is 25.5 Å². The Balaban J connectivity index is 2.36. The van der Waals surface area contributed by atoms with E-state index in [0.717, 1.165) is 5.19 Å². The molecule has 88 valence electrons. The highest BCUT2D eigenvalue weighted by atomic mass is 32.2. The highest BCUT2D eigenvalue weighted by Crippen LogP contribution is 2.16. The Morgan fingerprint density at radius 3 is 2.12 bits per heavy atom. The fourth-order valence-corrected chi connectivity index (χ4v) is 3.76. The molecule has 0 spiro atoms. The predicted octanol–water partition coefficient (Wildman–Crippen LogP) is 0.445. The lowest BCUT2D eigenvalue weighted by Crippen LogP contribution is -2.19. The maximum atomic E-state index is 12.0. The van der Waals surface area contributed by atoms with Crippen LogP contribution in [0.25, 0.3) is 0 Å². The summed E-state index contributed by atoms with van der Waals surface area (Å²) < 4.78 is 29.1. The van der Waals surface area contributed by atoms with E-state index in [0.29, 0.717) is 16.0 Å². The molecule has 0 saturated carbocycles. The van der Waals surface area contributed by atoms with E-state index in [2.05, 4.69) is 0 Å². The topological polar surface area (TPSA) is 43.4 Å². The SMILES string of the molecule is O=S(=O)(Oc1ccccc1)c1ccccc1[SiH3]. The summed E-state index contributed by atoms with van der Waals surface area (Å²) in [6, 6.07) is 15.4. The quantitative estimate of drug-likeness (QED) is 0.597. The van der Waals surface area contributed by atoms with Crippen molar-refractivity contribution in [2.75, 3.05) is 0 Å². The zero-order valence-corrected chi connectivity index (χ0v) is 12.1. The molecule has 0 aliphatic heterocycles. The molecule has 0 unspecified atom stereocenters. The number of hydrogen-bond acceptors (Lipinski definition) is 3. The van der Waals surface area contributed by atoms with Crippen LogP contribution in [0.3, 0.4) is 0 Å². The molecule has 3 nitrogen and oxygen atoms in total. The maximum Gasteiger partial charge on any atom is 0.339 e. The van der Waals surface area contributed by atoms with Crippen LogP contribution in [0.15, 0.2) is 59.5 Å². The summed E-state index contributed by atoms with van der Waals surface area (Å²) in [7, 11) is -3.05. The molecule has 0 aromatic heterocycles. The fraction of sp³-hybridized carbons (Fsp3) is 0. The molecule has 0 amide bonds. The molecule has 5 heteroatoms. The van der Waals surface area contributed by atoms with Crippen molar-refractivity contribution in [3.05, 3.63) is 54.6 Å². The first kappa shape index (κ1) is 11.9. The zero-order valence-electron chi connectivity index (χ0n) is 9.33. The van der Waals surface area contributed by atoms with E-state index in [4.69, 9.17) is 4.18 Å². The van der Waals surface area contributed by atoms with E-state index in [1.165, 1.54) is 0 Å². The predicted molar refractivity (Wildman–Crippen MR) is 70.3 cm³/mol. The highest BCUT2D eigenvalue weighted by Gasteiger charge is 2.18. The van der Waals surface area contributed by atoms with Crippen LogP contribution in [0.1, 0.15) is 0 Å². The minimum absolute atomic E-state index is 0.260. The first-order chi connectivity index (χ1) is 8.09. The van der Waals surface area contributed by atoms with Gasteiger partial charge in [0.1, 0.15) is 10.6 Å². The van der Waals surface area contributed by atoms with Crippen molar-refractivity contribution in [3.63, 3.8) is 0 Å². The average molecular weight is 264 g/mol. The van der Waals surface area contributed by atoms with Crippen molar-refractivity contribution in [2.24, 2.45) is 0 Å². The number of rotatable bonds is 3. The Bertz CT molecular complexity index is 609. The van der Waals surface area contributed by atoms with Gasteiger partial charge in [0.25, 0.3) is 0 Å². The summed E-state index contributed by atoms with van der Waals surface area (Å²) in [6.07, 6.45) is 0. The third-order valence-corrected chi connectivity index (χ3v) is 4.96. The second-order valence-corrected chi connectivity index (χ2v) is 6.21. The molecule has 2 aromatic rings. The maximum absolute atomic E-state index is 12.0. The molecule has 0 aliphatic carbocycles. The Morgan fingerprint density at radius 2 is 1.47 bits per heavy atom. The number of para-hydroxylation sites is 1. The van der Waals surface area contributed by atoms with Crippen LogP contribution in [-0.4, -0.2) is 18.7 Å². The fourth-order valence-electron chi connectivity index (χ4n) is 1.48. The molecule has 0 atom stereocenters. The normalized spacial score (nSPS) is 11.3. The molecule has 2 aromatic carbocycles. The zero-order chi connectivity index (χ0) is 12.3. The van der Waals surface area contributed by atoms with Crippen molar-refractivity contribution in [3.8, 4) is 5.75 Å². The van der Waals surface area contributed by atoms with Crippen LogP contribution in [0.4, 0.5) is 0 Å². The summed E-state index contributed by atoms with van der Waals surface area (Å²) >= 11 is 0. The van der Waals surface area contributed by atoms with Gasteiger partial charge >= 0.3 is 10.1 Å². The van der Waals surface area contributed by atoms with Crippen LogP contribution in [0.2, 0.25) is 0 Å². The molecular weight excluding hydrogens is 252 g/mol. The smallest absolute Gasteiger partial charge is 0.339 e. The molecule has 17 heavy (non-hydrogen) atoms. The van der Waals surface area contributed by atoms with E-state index >= 15 is 0 Å². The second-order valence-electron chi connectivity index (χ2n) is 3.62. The lowest BCUT2D eigenvalue weighted by Gasteiger charge is -2.08. The van der Waals surface area contributed by atoms with Gasteiger partial charge in [-0.25, -0.2) is 0 Å². The molecular formula is C12H12O3SSi. The van der Waals surface area contributed by atoms with E-state index in [-0.39, 0.29) is 4.90 Å². The van der Waals surface area contributed by atoms with Crippen LogP contribution < -0.4 is 9.37 Å². The van der Waals surface area contributed by atoms with Crippen LogP contribution in [0.5, 0.6) is 5.75 Å². The van der Waals surface area contributed by atoms with Crippen molar-refractivity contribution < 1.29 is 12.6 Å². The molecule has 0 aliphatic rings. The number of hydrogen-bond donors (Lipinski definition) is 0. The minimum Gasteiger partial charge on any atom is -0.379 e. The van der Waals surface area contributed by atoms with E-state index in [1.807, 2.05) is 6.07 Å². The summed E-state index contributed by atoms with van der Waals surface area (Å²) in [5.74, 6) is 0.331. The molecule has 0 radical (unpaired) electrons. The number of benzene rings is 2. The summed E-state index contributed by atoms with van der Waals surface area (Å²) in [5.41, 5.74) is 0. The van der Waals surface area contributed by atoms with E-state index in [1.54, 1.807) is 48.5 Å². The standard InChI is InChI=1S/C12H12O3SSi/c13-16(14,11-8-4-5-9-12(11)17)15-10-6-2-1-3-7-10/h1-9H,17H3. The summed E-state index contributed by atoms with van der Waals surface area (Å²) in [5, 5.41) is 0.809. The van der Waals surface area contributed by atoms with Gasteiger partial charge in [0.15, 0.2) is 0 Å². The van der Waals surface area contributed by atoms with Gasteiger partial charge in [-0.15, -0.1) is 0 Å². The van der Waals surface area contributed by atoms with Crippen LogP contribution in [0, 0.1) is 0 Å². The molecule has 0 saturated heterocycles. The molecule has 0 fully saturated rings. The largest absolute Gasteiger partial charge is 0.379 e. The van der Waals surface area contributed by atoms with Crippen LogP contribution >= 0.6 is 0 Å². The summed E-state index contributed by atoms with van der Waals surface area (Å²) in [6.45, 7) is 0. The van der Waals surface area contributed by atoms with Crippen molar-refractivity contribution in [2.45, 2.75) is 4.90 Å². The summed E-state index contributed by atoms with van der Waals surface area (Å²) in [4.78, 5) is 0.260. The van der Waals surface area contributed by atoms with Gasteiger partial charge in [0, 0.05) is 10.2 Å². The monoisotopic (exact) mass is 264 g/mol. The average Bonchev–Trinajstić information content (AvgIpc) is 2.30. The van der Waals surface area contributed by atoms with Gasteiger partial charge < -0.3 is 4.18 Å². The van der Waals surface area contributed by atoms with Gasteiger partial charge in [0.05, 0.1) is 0 Å². The third kappa shape index (κ3) is 2.75. The Kier molecular flexibility index (Phi) is 3.30. The second kappa shape index (κ2) is 4.73. The lowest BCUT2D eigenvalue weighted by molar-refractivity contribution is 0.487. The van der Waals surface area contributed by atoms with Gasteiger partial charge in [-0.3, -0.25) is 0 Å². The van der Waals surface area contributed by atoms with Gasteiger partial charge in [0.2, 0.25) is 0 Å². The van der Waals surface area contributed by atoms with E-state index < -0.39 is 10.1 Å². The minimum atomic E-state index is -3.71. The Morgan fingerprint density at radius 1 is 0.882 bits per heavy atom. The third-order valence-electron chi connectivity index (χ3n) is 2.31. The van der Waals surface area contributed by atoms with E-state index in [9.17, 15) is 8.42 Å². The van der Waals surface area contributed by atoms with Crippen LogP contribution in [-0.2, 0) is 10.1 Å².